The average molecular weight is 262 g/mol. The lowest BCUT2D eigenvalue weighted by Crippen LogP contribution is -2.29. The highest BCUT2D eigenvalue weighted by Gasteiger charge is 2.16. The van der Waals surface area contributed by atoms with Crippen molar-refractivity contribution in [2.45, 2.75) is 32.2 Å². The fourth-order valence-corrected chi connectivity index (χ4v) is 2.63. The van der Waals surface area contributed by atoms with Gasteiger partial charge >= 0.3 is 0 Å². The van der Waals surface area contributed by atoms with Gasteiger partial charge in [-0.1, -0.05) is 19.1 Å². The lowest BCUT2D eigenvalue weighted by molar-refractivity contribution is 0.0685. The smallest absolute Gasteiger partial charge is 0.0469 e. The SMILES string of the molecule is CCC(N)c1ccc(N(C)CC2CCOCC2)cc1. The first kappa shape index (κ1) is 14.4. The van der Waals surface area contributed by atoms with E-state index in [0.29, 0.717) is 0 Å². The van der Waals surface area contributed by atoms with Crippen molar-refractivity contribution in [2.75, 3.05) is 31.7 Å². The molecular formula is C16H26N2O. The van der Waals surface area contributed by atoms with Crippen molar-refractivity contribution in [3.63, 3.8) is 0 Å². The van der Waals surface area contributed by atoms with E-state index in [9.17, 15) is 0 Å². The first-order valence-electron chi connectivity index (χ1n) is 7.35. The molecule has 19 heavy (non-hydrogen) atoms. The molecule has 0 bridgehead atoms. The van der Waals surface area contributed by atoms with E-state index in [1.165, 1.54) is 24.1 Å². The quantitative estimate of drug-likeness (QED) is 0.886. The van der Waals surface area contributed by atoms with E-state index in [-0.39, 0.29) is 6.04 Å². The molecule has 0 amide bonds. The Balaban J connectivity index is 1.93. The van der Waals surface area contributed by atoms with Crippen molar-refractivity contribution in [1.82, 2.24) is 0 Å². The van der Waals surface area contributed by atoms with Crippen LogP contribution in [0.3, 0.4) is 0 Å². The van der Waals surface area contributed by atoms with Gasteiger partial charge in [0.05, 0.1) is 0 Å². The van der Waals surface area contributed by atoms with Crippen molar-refractivity contribution in [1.29, 1.82) is 0 Å². The second-order valence-corrected chi connectivity index (χ2v) is 5.54. The third-order valence-corrected chi connectivity index (χ3v) is 4.07. The van der Waals surface area contributed by atoms with Crippen LogP contribution < -0.4 is 10.6 Å². The molecule has 1 unspecified atom stereocenters. The second kappa shape index (κ2) is 6.92. The Labute approximate surface area is 116 Å². The first-order valence-corrected chi connectivity index (χ1v) is 7.35. The van der Waals surface area contributed by atoms with Crippen molar-refractivity contribution < 1.29 is 4.74 Å². The van der Waals surface area contributed by atoms with Crippen molar-refractivity contribution >= 4 is 5.69 Å². The van der Waals surface area contributed by atoms with Crippen LogP contribution >= 0.6 is 0 Å². The lowest BCUT2D eigenvalue weighted by atomic mass is 9.99. The van der Waals surface area contributed by atoms with Crippen LogP contribution in [0.4, 0.5) is 5.69 Å². The lowest BCUT2D eigenvalue weighted by Gasteiger charge is -2.28. The molecule has 1 heterocycles. The summed E-state index contributed by atoms with van der Waals surface area (Å²) in [5.41, 5.74) is 8.55. The molecule has 1 aromatic rings. The summed E-state index contributed by atoms with van der Waals surface area (Å²) < 4.78 is 5.41. The van der Waals surface area contributed by atoms with E-state index in [1.807, 2.05) is 0 Å². The zero-order valence-electron chi connectivity index (χ0n) is 12.1. The Hall–Kier alpha value is -1.06. The predicted octanol–water partition coefficient (Wildman–Crippen LogP) is 2.96. The Morgan fingerprint density at radius 2 is 1.89 bits per heavy atom. The van der Waals surface area contributed by atoms with E-state index in [2.05, 4.69) is 43.1 Å². The minimum atomic E-state index is 0.162. The van der Waals surface area contributed by atoms with Crippen LogP contribution in [-0.2, 0) is 4.74 Å². The van der Waals surface area contributed by atoms with Crippen LogP contribution in [0, 0.1) is 5.92 Å². The fraction of sp³-hybridized carbons (Fsp3) is 0.625. The minimum absolute atomic E-state index is 0.162. The Morgan fingerprint density at radius 3 is 2.47 bits per heavy atom. The zero-order chi connectivity index (χ0) is 13.7. The van der Waals surface area contributed by atoms with Crippen LogP contribution in [0.5, 0.6) is 0 Å². The Bertz CT molecular complexity index is 371. The first-order chi connectivity index (χ1) is 9.20. The monoisotopic (exact) mass is 262 g/mol. The molecule has 0 saturated carbocycles. The van der Waals surface area contributed by atoms with Gasteiger partial charge in [-0.05, 0) is 42.9 Å². The summed E-state index contributed by atoms with van der Waals surface area (Å²) >= 11 is 0. The van der Waals surface area contributed by atoms with Crippen LogP contribution in [0.2, 0.25) is 0 Å². The average Bonchev–Trinajstić information content (AvgIpc) is 2.47. The summed E-state index contributed by atoms with van der Waals surface area (Å²) in [4.78, 5) is 2.34. The van der Waals surface area contributed by atoms with Gasteiger partial charge in [0.1, 0.15) is 0 Å². The molecule has 1 aliphatic rings. The molecule has 3 heteroatoms. The number of hydrogen-bond acceptors (Lipinski definition) is 3. The molecule has 2 rings (SSSR count). The summed E-state index contributed by atoms with van der Waals surface area (Å²) in [6, 6.07) is 8.84. The highest BCUT2D eigenvalue weighted by Crippen LogP contribution is 2.22. The number of ether oxygens (including phenoxy) is 1. The minimum Gasteiger partial charge on any atom is -0.381 e. The molecule has 1 fully saturated rings. The van der Waals surface area contributed by atoms with Crippen LogP contribution in [-0.4, -0.2) is 26.8 Å². The van der Waals surface area contributed by atoms with Gasteiger partial charge < -0.3 is 15.4 Å². The van der Waals surface area contributed by atoms with Gasteiger partial charge in [-0.2, -0.15) is 0 Å². The summed E-state index contributed by atoms with van der Waals surface area (Å²) in [5.74, 6) is 0.760. The van der Waals surface area contributed by atoms with Gasteiger partial charge in [-0.3, -0.25) is 0 Å². The Kier molecular flexibility index (Phi) is 5.23. The highest BCUT2D eigenvalue weighted by molar-refractivity contribution is 5.47. The molecular weight excluding hydrogens is 236 g/mol. The molecule has 1 saturated heterocycles. The summed E-state index contributed by atoms with van der Waals surface area (Å²) in [5, 5.41) is 0. The van der Waals surface area contributed by atoms with Crippen LogP contribution in [0.1, 0.15) is 37.8 Å². The van der Waals surface area contributed by atoms with Gasteiger partial charge in [-0.25, -0.2) is 0 Å². The molecule has 1 atom stereocenters. The fourth-order valence-electron chi connectivity index (χ4n) is 2.63. The molecule has 2 N–H and O–H groups in total. The normalized spacial score (nSPS) is 18.3. The van der Waals surface area contributed by atoms with E-state index in [1.54, 1.807) is 0 Å². The van der Waals surface area contributed by atoms with E-state index < -0.39 is 0 Å². The maximum atomic E-state index is 6.04. The van der Waals surface area contributed by atoms with Gasteiger partial charge in [0.25, 0.3) is 0 Å². The summed E-state index contributed by atoms with van der Waals surface area (Å²) in [6.45, 7) is 5.07. The van der Waals surface area contributed by atoms with Crippen molar-refractivity contribution in [3.05, 3.63) is 29.8 Å². The van der Waals surface area contributed by atoms with E-state index >= 15 is 0 Å². The maximum Gasteiger partial charge on any atom is 0.0469 e. The molecule has 0 spiro atoms. The number of nitrogens with zero attached hydrogens (tertiary/aromatic N) is 1. The van der Waals surface area contributed by atoms with Gasteiger partial charge in [0, 0.05) is 38.5 Å². The largest absolute Gasteiger partial charge is 0.381 e. The molecule has 0 aliphatic carbocycles. The molecule has 1 aliphatic heterocycles. The number of rotatable bonds is 5. The number of benzene rings is 1. The molecule has 1 aromatic carbocycles. The van der Waals surface area contributed by atoms with Crippen molar-refractivity contribution in [3.8, 4) is 0 Å². The van der Waals surface area contributed by atoms with Crippen LogP contribution in [0.15, 0.2) is 24.3 Å². The van der Waals surface area contributed by atoms with Gasteiger partial charge in [0.2, 0.25) is 0 Å². The molecule has 3 nitrogen and oxygen atoms in total. The number of anilines is 1. The van der Waals surface area contributed by atoms with Crippen LogP contribution in [0.25, 0.3) is 0 Å². The molecule has 0 radical (unpaired) electrons. The topological polar surface area (TPSA) is 38.5 Å². The second-order valence-electron chi connectivity index (χ2n) is 5.54. The molecule has 106 valence electrons. The Morgan fingerprint density at radius 1 is 1.26 bits per heavy atom. The standard InChI is InChI=1S/C16H26N2O/c1-3-16(17)14-4-6-15(7-5-14)18(2)12-13-8-10-19-11-9-13/h4-7,13,16H,3,8-12,17H2,1-2H3. The third kappa shape index (κ3) is 3.95. The number of nitrogens with two attached hydrogens (primary N) is 1. The van der Waals surface area contributed by atoms with E-state index in [4.69, 9.17) is 10.5 Å². The number of hydrogen-bond donors (Lipinski definition) is 1. The van der Waals surface area contributed by atoms with Gasteiger partial charge in [0.15, 0.2) is 0 Å². The predicted molar refractivity (Wildman–Crippen MR) is 80.5 cm³/mol. The van der Waals surface area contributed by atoms with Crippen molar-refractivity contribution in [2.24, 2.45) is 11.7 Å². The summed E-state index contributed by atoms with van der Waals surface area (Å²) in [7, 11) is 2.17. The summed E-state index contributed by atoms with van der Waals surface area (Å²) in [6.07, 6.45) is 3.35. The van der Waals surface area contributed by atoms with E-state index in [0.717, 1.165) is 32.1 Å². The third-order valence-electron chi connectivity index (χ3n) is 4.07. The maximum absolute atomic E-state index is 6.04. The van der Waals surface area contributed by atoms with Gasteiger partial charge in [-0.15, -0.1) is 0 Å². The highest BCUT2D eigenvalue weighted by atomic mass is 16.5. The molecule has 0 aromatic heterocycles. The zero-order valence-corrected chi connectivity index (χ0v) is 12.1.